The van der Waals surface area contributed by atoms with Crippen LogP contribution in [0, 0.1) is 11.3 Å². The van der Waals surface area contributed by atoms with Crippen molar-refractivity contribution >= 4 is 45.8 Å². The predicted molar refractivity (Wildman–Crippen MR) is 131 cm³/mol. The molecule has 0 aliphatic heterocycles. The van der Waals surface area contributed by atoms with E-state index in [1.54, 1.807) is 75.6 Å². The van der Waals surface area contributed by atoms with Gasteiger partial charge in [0.15, 0.2) is 0 Å². The van der Waals surface area contributed by atoms with Gasteiger partial charge >= 0.3 is 12.1 Å². The Kier molecular flexibility index (Phi) is 7.59. The van der Waals surface area contributed by atoms with Gasteiger partial charge in [-0.25, -0.2) is 9.59 Å². The molecule has 1 heterocycles. The fourth-order valence-corrected chi connectivity index (χ4v) is 3.44. The molecule has 1 atom stereocenters. The topological polar surface area (TPSA) is 105 Å². The summed E-state index contributed by atoms with van der Waals surface area (Å²) in [6.07, 6.45) is 2.60. The van der Waals surface area contributed by atoms with E-state index < -0.39 is 23.7 Å². The van der Waals surface area contributed by atoms with Crippen LogP contribution in [-0.4, -0.2) is 42.3 Å². The second-order valence-electron chi connectivity index (χ2n) is 8.51. The van der Waals surface area contributed by atoms with Crippen LogP contribution in [0.3, 0.4) is 0 Å². The van der Waals surface area contributed by atoms with Gasteiger partial charge in [0.05, 0.1) is 37.2 Å². The highest BCUT2D eigenvalue weighted by Crippen LogP contribution is 2.26. The molecule has 3 rings (SSSR count). The zero-order valence-corrected chi connectivity index (χ0v) is 20.1. The molecule has 0 aliphatic rings. The highest BCUT2D eigenvalue weighted by Gasteiger charge is 2.26. The lowest BCUT2D eigenvalue weighted by molar-refractivity contribution is 0.0576. The van der Waals surface area contributed by atoms with E-state index in [1.165, 1.54) is 12.0 Å². The molecule has 0 radical (unpaired) electrons. The summed E-state index contributed by atoms with van der Waals surface area (Å²) >= 11 is 6.14. The number of carbonyl (C=O) groups excluding carboxylic acids is 2. The summed E-state index contributed by atoms with van der Waals surface area (Å²) < 4.78 is 10.4. The zero-order valence-electron chi connectivity index (χ0n) is 19.3. The number of ether oxygens (including phenoxy) is 2. The van der Waals surface area contributed by atoms with E-state index in [9.17, 15) is 14.9 Å². The maximum atomic E-state index is 13.0. The fourth-order valence-electron chi connectivity index (χ4n) is 3.26. The third-order valence-electron chi connectivity index (χ3n) is 4.77. The lowest BCUT2D eigenvalue weighted by atomic mass is 10.1. The number of hydrogen-bond acceptors (Lipinski definition) is 7. The van der Waals surface area contributed by atoms with Crippen LogP contribution in [0.15, 0.2) is 54.9 Å². The number of halogens is 1. The number of benzene rings is 2. The minimum Gasteiger partial charge on any atom is -0.465 e. The van der Waals surface area contributed by atoms with Gasteiger partial charge in [-0.15, -0.1) is 0 Å². The molecule has 3 aromatic rings. The molecule has 0 saturated heterocycles. The summed E-state index contributed by atoms with van der Waals surface area (Å²) in [4.78, 5) is 30.6. The number of rotatable bonds is 6. The van der Waals surface area contributed by atoms with Crippen molar-refractivity contribution in [3.8, 4) is 6.07 Å². The van der Waals surface area contributed by atoms with Gasteiger partial charge in [0.25, 0.3) is 0 Å². The molecule has 34 heavy (non-hydrogen) atoms. The largest absolute Gasteiger partial charge is 0.465 e. The minimum absolute atomic E-state index is 0.0289. The van der Waals surface area contributed by atoms with Gasteiger partial charge in [-0.2, -0.15) is 5.26 Å². The maximum Gasteiger partial charge on any atom is 0.414 e. The van der Waals surface area contributed by atoms with E-state index in [0.29, 0.717) is 27.3 Å². The molecular formula is C25H25ClN4O4. The molecule has 9 heteroatoms. The number of esters is 1. The molecule has 0 saturated carbocycles. The van der Waals surface area contributed by atoms with E-state index in [2.05, 4.69) is 16.4 Å². The smallest absolute Gasteiger partial charge is 0.414 e. The first kappa shape index (κ1) is 24.8. The third-order valence-corrected chi connectivity index (χ3v) is 5.00. The summed E-state index contributed by atoms with van der Waals surface area (Å²) in [5.74, 6) is -0.474. The minimum atomic E-state index is -0.833. The third kappa shape index (κ3) is 6.15. The van der Waals surface area contributed by atoms with Gasteiger partial charge in [0.2, 0.25) is 0 Å². The van der Waals surface area contributed by atoms with Crippen molar-refractivity contribution in [1.82, 2.24) is 4.98 Å². The Hall–Kier alpha value is -3.83. The molecule has 0 bridgehead atoms. The number of carbonyl (C=O) groups is 2. The molecule has 1 N–H and O–H groups in total. The van der Waals surface area contributed by atoms with E-state index in [-0.39, 0.29) is 6.54 Å². The number of fused-ring (bicyclic) bond motifs is 1. The summed E-state index contributed by atoms with van der Waals surface area (Å²) in [7, 11) is 1.31. The fraction of sp³-hybridized carbons (Fsp3) is 0.280. The first-order valence-electron chi connectivity index (χ1n) is 10.5. The second-order valence-corrected chi connectivity index (χ2v) is 8.95. The zero-order chi connectivity index (χ0) is 24.9. The standard InChI is InChI=1S/C25H25ClN4O4/c1-25(2,3)34-24(32)30(20-7-5-6-18(26)11-20)15-19(12-27)29-22-14-28-13-17-9-8-16(10-21(17)22)23(31)33-4/h5-11,13-14,19,29H,15H2,1-4H3. The monoisotopic (exact) mass is 480 g/mol. The van der Waals surface area contributed by atoms with E-state index in [0.717, 1.165) is 5.39 Å². The molecule has 0 spiro atoms. The van der Waals surface area contributed by atoms with Crippen molar-refractivity contribution in [2.75, 3.05) is 23.9 Å². The van der Waals surface area contributed by atoms with E-state index >= 15 is 0 Å². The van der Waals surface area contributed by atoms with Gasteiger partial charge < -0.3 is 14.8 Å². The Balaban J connectivity index is 1.94. The molecule has 0 fully saturated rings. The van der Waals surface area contributed by atoms with Crippen LogP contribution in [0.25, 0.3) is 10.8 Å². The average molecular weight is 481 g/mol. The molecule has 2 aromatic carbocycles. The Morgan fingerprint density at radius 1 is 1.21 bits per heavy atom. The number of aromatic nitrogens is 1. The summed E-state index contributed by atoms with van der Waals surface area (Å²) in [6, 6.07) is 13.2. The highest BCUT2D eigenvalue weighted by atomic mass is 35.5. The number of amides is 1. The number of hydrogen-bond donors (Lipinski definition) is 1. The quantitative estimate of drug-likeness (QED) is 0.469. The van der Waals surface area contributed by atoms with Crippen LogP contribution < -0.4 is 10.2 Å². The van der Waals surface area contributed by atoms with Gasteiger partial charge in [0, 0.05) is 27.7 Å². The van der Waals surface area contributed by atoms with Crippen molar-refractivity contribution in [1.29, 1.82) is 5.26 Å². The van der Waals surface area contributed by atoms with Crippen LogP contribution in [0.1, 0.15) is 31.1 Å². The molecule has 1 amide bonds. The number of methoxy groups -OCH3 is 1. The highest BCUT2D eigenvalue weighted by molar-refractivity contribution is 6.30. The molecule has 0 aliphatic carbocycles. The Labute approximate surface area is 203 Å². The van der Waals surface area contributed by atoms with Gasteiger partial charge in [-0.3, -0.25) is 9.88 Å². The Morgan fingerprint density at radius 2 is 1.97 bits per heavy atom. The van der Waals surface area contributed by atoms with Gasteiger partial charge in [0.1, 0.15) is 11.6 Å². The number of anilines is 2. The first-order valence-corrected chi connectivity index (χ1v) is 10.9. The normalized spacial score (nSPS) is 11.9. The number of nitrogens with zero attached hydrogens (tertiary/aromatic N) is 3. The number of nitrogens with one attached hydrogen (secondary N) is 1. The van der Waals surface area contributed by atoms with Crippen molar-refractivity contribution in [2.45, 2.75) is 32.4 Å². The van der Waals surface area contributed by atoms with Crippen LogP contribution in [0.5, 0.6) is 0 Å². The van der Waals surface area contributed by atoms with Crippen LogP contribution in [0.2, 0.25) is 5.02 Å². The van der Waals surface area contributed by atoms with Gasteiger partial charge in [-0.05, 0) is 51.1 Å². The Bertz CT molecular complexity index is 1250. The van der Waals surface area contributed by atoms with Crippen molar-refractivity contribution in [3.63, 3.8) is 0 Å². The van der Waals surface area contributed by atoms with E-state index in [1.807, 2.05) is 0 Å². The number of nitriles is 1. The van der Waals surface area contributed by atoms with Crippen LogP contribution >= 0.6 is 11.6 Å². The van der Waals surface area contributed by atoms with Gasteiger partial charge in [-0.1, -0.05) is 23.7 Å². The summed E-state index contributed by atoms with van der Waals surface area (Å²) in [6.45, 7) is 5.27. The second kappa shape index (κ2) is 10.4. The molecule has 8 nitrogen and oxygen atoms in total. The molecular weight excluding hydrogens is 456 g/mol. The first-order chi connectivity index (χ1) is 16.1. The van der Waals surface area contributed by atoms with Crippen molar-refractivity contribution < 1.29 is 19.1 Å². The predicted octanol–water partition coefficient (Wildman–Crippen LogP) is 5.42. The molecule has 176 valence electrons. The lowest BCUT2D eigenvalue weighted by Crippen LogP contribution is -2.43. The number of pyridine rings is 1. The summed E-state index contributed by atoms with van der Waals surface area (Å²) in [5.41, 5.74) is 0.665. The maximum absolute atomic E-state index is 13.0. The Morgan fingerprint density at radius 3 is 2.62 bits per heavy atom. The SMILES string of the molecule is COC(=O)c1ccc2cncc(NC(C#N)CN(C(=O)OC(C)(C)C)c3cccc(Cl)c3)c2c1. The average Bonchev–Trinajstić information content (AvgIpc) is 2.79. The van der Waals surface area contributed by atoms with Crippen molar-refractivity contribution in [2.24, 2.45) is 0 Å². The van der Waals surface area contributed by atoms with Crippen LogP contribution in [-0.2, 0) is 9.47 Å². The molecule has 1 unspecified atom stereocenters. The summed E-state index contributed by atoms with van der Waals surface area (Å²) in [5, 5.41) is 14.9. The van der Waals surface area contributed by atoms with Crippen LogP contribution in [0.4, 0.5) is 16.2 Å². The molecule has 1 aromatic heterocycles. The lowest BCUT2D eigenvalue weighted by Gasteiger charge is -2.29. The van der Waals surface area contributed by atoms with E-state index in [4.69, 9.17) is 21.1 Å². The van der Waals surface area contributed by atoms with Crippen molar-refractivity contribution in [3.05, 3.63) is 65.4 Å².